The molecule has 1 heterocycles. The number of fused-ring (bicyclic) bond motifs is 1. The molecule has 24 heavy (non-hydrogen) atoms. The number of ketones is 1. The molecule has 0 radical (unpaired) electrons. The smallest absolute Gasteiger partial charge is 0.262 e. The predicted octanol–water partition coefficient (Wildman–Crippen LogP) is 4.44. The Hall–Kier alpha value is -1.62. The highest BCUT2D eigenvalue weighted by Gasteiger charge is 2.11. The Morgan fingerprint density at radius 1 is 1.17 bits per heavy atom. The molecule has 0 amide bonds. The first-order chi connectivity index (χ1) is 11.6. The highest BCUT2D eigenvalue weighted by Crippen LogP contribution is 2.20. The van der Waals surface area contributed by atoms with Gasteiger partial charge >= 0.3 is 0 Å². The standard InChI is InChI=1S/C19H26N2O2S/c1-3-4-5-8-13-21-18(23)16-11-6-7-12-17(16)20-19(21)24-14-9-10-15(2)22/h6-7,11-12H,3-5,8-10,13-14H2,1-2H3. The number of Topliss-reactive ketones (excluding diaryl/α,β-unsaturated/α-hetero) is 1. The monoisotopic (exact) mass is 346 g/mol. The molecule has 5 heteroatoms. The number of nitrogens with zero attached hydrogens (tertiary/aromatic N) is 2. The topological polar surface area (TPSA) is 52.0 Å². The van der Waals surface area contributed by atoms with Crippen molar-refractivity contribution in [2.45, 2.75) is 64.1 Å². The summed E-state index contributed by atoms with van der Waals surface area (Å²) in [6, 6.07) is 7.52. The zero-order valence-corrected chi connectivity index (χ0v) is 15.4. The van der Waals surface area contributed by atoms with E-state index in [9.17, 15) is 9.59 Å². The maximum Gasteiger partial charge on any atom is 0.262 e. The fraction of sp³-hybridized carbons (Fsp3) is 0.526. The average Bonchev–Trinajstić information content (AvgIpc) is 2.57. The number of carbonyl (C=O) groups is 1. The first kappa shape index (κ1) is 18.7. The Labute approximate surface area is 147 Å². The van der Waals surface area contributed by atoms with Gasteiger partial charge in [-0.2, -0.15) is 0 Å². The Balaban J connectivity index is 2.21. The van der Waals surface area contributed by atoms with Crippen LogP contribution in [0.25, 0.3) is 10.9 Å². The molecule has 0 unspecified atom stereocenters. The number of hydrogen-bond donors (Lipinski definition) is 0. The number of thioether (sulfide) groups is 1. The van der Waals surface area contributed by atoms with Crippen molar-refractivity contribution in [1.82, 2.24) is 9.55 Å². The van der Waals surface area contributed by atoms with Crippen molar-refractivity contribution in [2.75, 3.05) is 5.75 Å². The normalized spacial score (nSPS) is 11.1. The summed E-state index contributed by atoms with van der Waals surface area (Å²) in [5.74, 6) is 1.01. The van der Waals surface area contributed by atoms with Crippen molar-refractivity contribution in [2.24, 2.45) is 0 Å². The molecule has 2 aromatic rings. The Kier molecular flexibility index (Phi) is 7.50. The second kappa shape index (κ2) is 9.62. The molecule has 0 N–H and O–H groups in total. The fourth-order valence-electron chi connectivity index (χ4n) is 2.64. The summed E-state index contributed by atoms with van der Waals surface area (Å²) in [7, 11) is 0. The number of aromatic nitrogens is 2. The number of unbranched alkanes of at least 4 members (excludes halogenated alkanes) is 3. The van der Waals surface area contributed by atoms with E-state index in [0.717, 1.165) is 35.7 Å². The first-order valence-corrected chi connectivity index (χ1v) is 9.74. The van der Waals surface area contributed by atoms with Gasteiger partial charge in [-0.1, -0.05) is 50.1 Å². The van der Waals surface area contributed by atoms with E-state index in [0.29, 0.717) is 18.4 Å². The Morgan fingerprint density at radius 2 is 1.96 bits per heavy atom. The van der Waals surface area contributed by atoms with E-state index in [-0.39, 0.29) is 11.3 Å². The van der Waals surface area contributed by atoms with Gasteiger partial charge in [-0.05, 0) is 31.9 Å². The lowest BCUT2D eigenvalue weighted by Crippen LogP contribution is -2.23. The molecule has 0 atom stereocenters. The van der Waals surface area contributed by atoms with Gasteiger partial charge in [0.25, 0.3) is 5.56 Å². The maximum absolute atomic E-state index is 12.8. The van der Waals surface area contributed by atoms with E-state index >= 15 is 0 Å². The van der Waals surface area contributed by atoms with Gasteiger partial charge in [0.15, 0.2) is 5.16 Å². The van der Waals surface area contributed by atoms with Crippen LogP contribution in [0.2, 0.25) is 0 Å². The number of para-hydroxylation sites is 1. The molecule has 0 saturated heterocycles. The van der Waals surface area contributed by atoms with Gasteiger partial charge in [-0.3, -0.25) is 9.36 Å². The summed E-state index contributed by atoms with van der Waals surface area (Å²) in [6.45, 7) is 4.51. The molecule has 0 aliphatic rings. The van der Waals surface area contributed by atoms with E-state index in [2.05, 4.69) is 6.92 Å². The molecule has 0 aliphatic heterocycles. The zero-order valence-electron chi connectivity index (χ0n) is 14.6. The molecule has 0 aliphatic carbocycles. The van der Waals surface area contributed by atoms with Gasteiger partial charge < -0.3 is 4.79 Å². The van der Waals surface area contributed by atoms with Crippen molar-refractivity contribution in [3.05, 3.63) is 34.6 Å². The van der Waals surface area contributed by atoms with E-state index in [1.807, 2.05) is 28.8 Å². The largest absolute Gasteiger partial charge is 0.300 e. The molecule has 0 spiro atoms. The van der Waals surface area contributed by atoms with Gasteiger partial charge in [0.1, 0.15) is 5.78 Å². The van der Waals surface area contributed by atoms with Crippen LogP contribution in [0, 0.1) is 0 Å². The summed E-state index contributed by atoms with van der Waals surface area (Å²) in [4.78, 5) is 28.6. The molecule has 1 aromatic carbocycles. The predicted molar refractivity (Wildman–Crippen MR) is 101 cm³/mol. The van der Waals surface area contributed by atoms with Crippen molar-refractivity contribution in [1.29, 1.82) is 0 Å². The molecule has 130 valence electrons. The fourth-order valence-corrected chi connectivity index (χ4v) is 3.60. The van der Waals surface area contributed by atoms with Gasteiger partial charge in [0.05, 0.1) is 10.9 Å². The van der Waals surface area contributed by atoms with Gasteiger partial charge in [-0.15, -0.1) is 0 Å². The van der Waals surface area contributed by atoms with Crippen molar-refractivity contribution < 1.29 is 4.79 Å². The van der Waals surface area contributed by atoms with Crippen molar-refractivity contribution in [3.8, 4) is 0 Å². The van der Waals surface area contributed by atoms with E-state index in [1.54, 1.807) is 18.7 Å². The minimum atomic E-state index is 0.0474. The molecule has 0 saturated carbocycles. The third kappa shape index (κ3) is 5.20. The summed E-state index contributed by atoms with van der Waals surface area (Å²) >= 11 is 1.58. The quantitative estimate of drug-likeness (QED) is 0.362. The highest BCUT2D eigenvalue weighted by atomic mass is 32.2. The van der Waals surface area contributed by atoms with Crippen LogP contribution in [0.15, 0.2) is 34.2 Å². The highest BCUT2D eigenvalue weighted by molar-refractivity contribution is 7.99. The van der Waals surface area contributed by atoms with Crippen LogP contribution in [0.3, 0.4) is 0 Å². The minimum Gasteiger partial charge on any atom is -0.300 e. The van der Waals surface area contributed by atoms with Crippen molar-refractivity contribution in [3.63, 3.8) is 0 Å². The van der Waals surface area contributed by atoms with Crippen LogP contribution < -0.4 is 5.56 Å². The van der Waals surface area contributed by atoms with Gasteiger partial charge in [0.2, 0.25) is 0 Å². The van der Waals surface area contributed by atoms with Crippen molar-refractivity contribution >= 4 is 28.4 Å². The average molecular weight is 346 g/mol. The number of hydrogen-bond acceptors (Lipinski definition) is 4. The molecule has 1 aromatic heterocycles. The molecule has 4 nitrogen and oxygen atoms in total. The van der Waals surface area contributed by atoms with Gasteiger partial charge in [0, 0.05) is 18.7 Å². The molecular formula is C19H26N2O2S. The third-order valence-corrected chi connectivity index (χ3v) is 5.03. The maximum atomic E-state index is 12.8. The van der Waals surface area contributed by atoms with Gasteiger partial charge in [-0.25, -0.2) is 4.98 Å². The molecule has 2 rings (SSSR count). The number of benzene rings is 1. The summed E-state index contributed by atoms with van der Waals surface area (Å²) in [5, 5.41) is 1.46. The van der Waals surface area contributed by atoms with Crippen LogP contribution >= 0.6 is 11.8 Å². The second-order valence-electron chi connectivity index (χ2n) is 6.08. The minimum absolute atomic E-state index is 0.0474. The molecule has 0 fully saturated rings. The lowest BCUT2D eigenvalue weighted by atomic mass is 10.2. The third-order valence-electron chi connectivity index (χ3n) is 3.97. The summed E-state index contributed by atoms with van der Waals surface area (Å²) < 4.78 is 1.82. The summed E-state index contributed by atoms with van der Waals surface area (Å²) in [6.07, 6.45) is 5.90. The Morgan fingerprint density at radius 3 is 2.71 bits per heavy atom. The van der Waals surface area contributed by atoms with E-state index in [1.165, 1.54) is 12.8 Å². The lowest BCUT2D eigenvalue weighted by Gasteiger charge is -2.13. The van der Waals surface area contributed by atoms with E-state index in [4.69, 9.17) is 4.98 Å². The SMILES string of the molecule is CCCCCCn1c(SCCCC(C)=O)nc2ccccc2c1=O. The first-order valence-electron chi connectivity index (χ1n) is 8.75. The van der Waals surface area contributed by atoms with Crippen LogP contribution in [-0.2, 0) is 11.3 Å². The van der Waals surface area contributed by atoms with E-state index < -0.39 is 0 Å². The van der Waals surface area contributed by atoms with Crippen LogP contribution in [0.1, 0.15) is 52.4 Å². The van der Waals surface area contributed by atoms with Crippen LogP contribution in [0.5, 0.6) is 0 Å². The van der Waals surface area contributed by atoms with Crippen LogP contribution in [-0.4, -0.2) is 21.1 Å². The Bertz CT molecular complexity index is 740. The number of rotatable bonds is 10. The molecule has 0 bridgehead atoms. The van der Waals surface area contributed by atoms with Crippen LogP contribution in [0.4, 0.5) is 0 Å². The number of carbonyl (C=O) groups excluding carboxylic acids is 1. The summed E-state index contributed by atoms with van der Waals surface area (Å²) in [5.41, 5.74) is 0.799. The second-order valence-corrected chi connectivity index (χ2v) is 7.15. The zero-order chi connectivity index (χ0) is 17.4. The molecular weight excluding hydrogens is 320 g/mol. The lowest BCUT2D eigenvalue weighted by molar-refractivity contribution is -0.117.